The summed E-state index contributed by atoms with van der Waals surface area (Å²) in [5.41, 5.74) is 1.14. The summed E-state index contributed by atoms with van der Waals surface area (Å²) in [6.07, 6.45) is 2.10. The van der Waals surface area contributed by atoms with Crippen molar-refractivity contribution < 1.29 is 14.3 Å². The minimum absolute atomic E-state index is 0.0743. The molecule has 1 fully saturated rings. The van der Waals surface area contributed by atoms with Crippen molar-refractivity contribution in [3.05, 3.63) is 60.2 Å². The highest BCUT2D eigenvalue weighted by Crippen LogP contribution is 2.42. The second-order valence-corrected chi connectivity index (χ2v) is 6.57. The van der Waals surface area contributed by atoms with E-state index in [2.05, 4.69) is 5.32 Å². The van der Waals surface area contributed by atoms with Gasteiger partial charge in [0.2, 0.25) is 0 Å². The van der Waals surface area contributed by atoms with Gasteiger partial charge in [-0.2, -0.15) is 0 Å². The Balaban J connectivity index is 1.57. The third-order valence-electron chi connectivity index (χ3n) is 4.61. The molecule has 0 spiro atoms. The molecule has 0 heterocycles. The molecule has 1 atom stereocenters. The summed E-state index contributed by atoms with van der Waals surface area (Å²) < 4.78 is 11.5. The molecule has 4 heteroatoms. The van der Waals surface area contributed by atoms with Gasteiger partial charge in [-0.1, -0.05) is 30.3 Å². The molecule has 1 aliphatic carbocycles. The zero-order valence-corrected chi connectivity index (χ0v) is 14.8. The molecule has 0 saturated heterocycles. The fraction of sp³-hybridized carbons (Fsp3) is 0.381. The van der Waals surface area contributed by atoms with Crippen LogP contribution in [0.5, 0.6) is 5.75 Å². The molecule has 0 radical (unpaired) electrons. The molecule has 2 aromatic carbocycles. The Kier molecular flexibility index (Phi) is 5.39. The second kappa shape index (κ2) is 7.70. The van der Waals surface area contributed by atoms with Crippen molar-refractivity contribution in [2.45, 2.75) is 38.9 Å². The van der Waals surface area contributed by atoms with Crippen LogP contribution in [0, 0.1) is 5.92 Å². The summed E-state index contributed by atoms with van der Waals surface area (Å²) in [4.78, 5) is 12.6. The molecular weight excluding hydrogens is 314 g/mol. The molecule has 1 amide bonds. The summed E-state index contributed by atoms with van der Waals surface area (Å²) in [7, 11) is 0. The summed E-state index contributed by atoms with van der Waals surface area (Å²) in [6, 6.07) is 17.5. The Morgan fingerprint density at radius 2 is 1.80 bits per heavy atom. The number of amides is 1. The molecule has 25 heavy (non-hydrogen) atoms. The number of carbonyl (C=O) groups is 1. The number of nitrogens with one attached hydrogen (secondary N) is 1. The Morgan fingerprint density at radius 3 is 2.40 bits per heavy atom. The lowest BCUT2D eigenvalue weighted by Gasteiger charge is -2.28. The predicted molar refractivity (Wildman–Crippen MR) is 98.6 cm³/mol. The average molecular weight is 339 g/mol. The average Bonchev–Trinajstić information content (AvgIpc) is 3.48. The quantitative estimate of drug-likeness (QED) is 0.775. The zero-order valence-electron chi connectivity index (χ0n) is 14.8. The number of ether oxygens (including phenoxy) is 2. The van der Waals surface area contributed by atoms with Gasteiger partial charge in [0.15, 0.2) is 0 Å². The smallest absolute Gasteiger partial charge is 0.256 e. The maximum Gasteiger partial charge on any atom is 0.256 e. The number of carbonyl (C=O) groups excluding carboxylic acids is 1. The highest BCUT2D eigenvalue weighted by Gasteiger charge is 2.48. The van der Waals surface area contributed by atoms with E-state index in [4.69, 9.17) is 9.47 Å². The highest BCUT2D eigenvalue weighted by molar-refractivity contribution is 5.97. The second-order valence-electron chi connectivity index (χ2n) is 6.57. The van der Waals surface area contributed by atoms with Crippen LogP contribution in [-0.2, 0) is 16.1 Å². The van der Waals surface area contributed by atoms with Crippen molar-refractivity contribution >= 4 is 11.6 Å². The molecule has 4 nitrogen and oxygen atoms in total. The molecule has 3 rings (SSSR count). The van der Waals surface area contributed by atoms with Gasteiger partial charge in [-0.05, 0) is 62.4 Å². The predicted octanol–water partition coefficient (Wildman–Crippen LogP) is 4.41. The number of benzene rings is 2. The van der Waals surface area contributed by atoms with Crippen LogP contribution in [0.4, 0.5) is 5.69 Å². The van der Waals surface area contributed by atoms with Gasteiger partial charge in [0.05, 0.1) is 0 Å². The van der Waals surface area contributed by atoms with E-state index < -0.39 is 5.60 Å². The van der Waals surface area contributed by atoms with E-state index in [0.29, 0.717) is 19.1 Å². The molecule has 0 unspecified atom stereocenters. The molecule has 2 aromatic rings. The van der Waals surface area contributed by atoms with Crippen molar-refractivity contribution in [1.29, 1.82) is 0 Å². The Hall–Kier alpha value is -2.33. The third kappa shape index (κ3) is 4.40. The number of hydrogen-bond donors (Lipinski definition) is 1. The Morgan fingerprint density at radius 1 is 1.12 bits per heavy atom. The molecule has 1 saturated carbocycles. The fourth-order valence-corrected chi connectivity index (χ4v) is 2.93. The van der Waals surface area contributed by atoms with Gasteiger partial charge in [0.25, 0.3) is 5.91 Å². The topological polar surface area (TPSA) is 47.6 Å². The van der Waals surface area contributed by atoms with Gasteiger partial charge >= 0.3 is 0 Å². The Labute approximate surface area is 149 Å². The van der Waals surface area contributed by atoms with Gasteiger partial charge < -0.3 is 14.8 Å². The number of anilines is 1. The standard InChI is InChI=1S/C21H25NO3/c1-3-25-21(2,17-9-10-17)20(23)22-18-11-13-19(14-12-18)24-15-16-7-5-4-6-8-16/h4-8,11-14,17H,3,9-10,15H2,1-2H3,(H,22,23)/t21-/m0/s1. The first-order chi connectivity index (χ1) is 12.1. The van der Waals surface area contributed by atoms with E-state index in [1.165, 1.54) is 0 Å². The van der Waals surface area contributed by atoms with Gasteiger partial charge in [-0.25, -0.2) is 0 Å². The first-order valence-electron chi connectivity index (χ1n) is 8.84. The normalized spacial score (nSPS) is 16.1. The number of rotatable bonds is 8. The van der Waals surface area contributed by atoms with E-state index in [1.807, 2.05) is 68.4 Å². The van der Waals surface area contributed by atoms with Crippen LogP contribution >= 0.6 is 0 Å². The highest BCUT2D eigenvalue weighted by atomic mass is 16.5. The van der Waals surface area contributed by atoms with Crippen LogP contribution in [0.15, 0.2) is 54.6 Å². The van der Waals surface area contributed by atoms with Gasteiger partial charge in [-0.3, -0.25) is 4.79 Å². The molecular formula is C21H25NO3. The first-order valence-corrected chi connectivity index (χ1v) is 8.84. The summed E-state index contributed by atoms with van der Waals surface area (Å²) in [5.74, 6) is 1.02. The largest absolute Gasteiger partial charge is 0.489 e. The van der Waals surface area contributed by atoms with Gasteiger partial charge in [0.1, 0.15) is 18.0 Å². The Bertz CT molecular complexity index is 695. The van der Waals surface area contributed by atoms with Gasteiger partial charge in [-0.15, -0.1) is 0 Å². The summed E-state index contributed by atoms with van der Waals surface area (Å²) >= 11 is 0. The lowest BCUT2D eigenvalue weighted by molar-refractivity contribution is -0.141. The van der Waals surface area contributed by atoms with E-state index in [9.17, 15) is 4.79 Å². The zero-order chi connectivity index (χ0) is 17.7. The molecule has 0 aromatic heterocycles. The van der Waals surface area contributed by atoms with E-state index in [-0.39, 0.29) is 5.91 Å². The van der Waals surface area contributed by atoms with Gasteiger partial charge in [0, 0.05) is 12.3 Å². The maximum atomic E-state index is 12.6. The van der Waals surface area contributed by atoms with Crippen molar-refractivity contribution in [2.24, 2.45) is 5.92 Å². The minimum atomic E-state index is -0.739. The van der Waals surface area contributed by atoms with E-state index >= 15 is 0 Å². The molecule has 132 valence electrons. The SMILES string of the molecule is CCO[C@](C)(C(=O)Nc1ccc(OCc2ccccc2)cc1)C1CC1. The van der Waals surface area contributed by atoms with Crippen molar-refractivity contribution in [3.8, 4) is 5.75 Å². The summed E-state index contributed by atoms with van der Waals surface area (Å²) in [6.45, 7) is 4.87. The van der Waals surface area contributed by atoms with Crippen LogP contribution in [0.1, 0.15) is 32.3 Å². The third-order valence-corrected chi connectivity index (χ3v) is 4.61. The van der Waals surface area contributed by atoms with Crippen molar-refractivity contribution in [3.63, 3.8) is 0 Å². The minimum Gasteiger partial charge on any atom is -0.489 e. The van der Waals surface area contributed by atoms with Crippen LogP contribution in [0.2, 0.25) is 0 Å². The van der Waals surface area contributed by atoms with E-state index in [1.54, 1.807) is 0 Å². The molecule has 1 aliphatic rings. The van der Waals surface area contributed by atoms with Crippen LogP contribution in [0.25, 0.3) is 0 Å². The fourth-order valence-electron chi connectivity index (χ4n) is 2.93. The lowest BCUT2D eigenvalue weighted by Crippen LogP contribution is -2.44. The molecule has 0 bridgehead atoms. The van der Waals surface area contributed by atoms with E-state index in [0.717, 1.165) is 29.8 Å². The van der Waals surface area contributed by atoms with Crippen molar-refractivity contribution in [1.82, 2.24) is 0 Å². The summed E-state index contributed by atoms with van der Waals surface area (Å²) in [5, 5.41) is 2.97. The van der Waals surface area contributed by atoms with Crippen molar-refractivity contribution in [2.75, 3.05) is 11.9 Å². The van der Waals surface area contributed by atoms with Crippen LogP contribution in [0.3, 0.4) is 0 Å². The van der Waals surface area contributed by atoms with Crippen LogP contribution in [-0.4, -0.2) is 18.1 Å². The first kappa shape index (κ1) is 17.5. The monoisotopic (exact) mass is 339 g/mol. The lowest BCUT2D eigenvalue weighted by atomic mass is 9.99. The number of hydrogen-bond acceptors (Lipinski definition) is 3. The molecule has 0 aliphatic heterocycles. The maximum absolute atomic E-state index is 12.6. The van der Waals surface area contributed by atoms with Crippen LogP contribution < -0.4 is 10.1 Å². The molecule has 1 N–H and O–H groups in total.